The predicted octanol–water partition coefficient (Wildman–Crippen LogP) is 2.13. The van der Waals surface area contributed by atoms with E-state index >= 15 is 0 Å². The van der Waals surface area contributed by atoms with Crippen LogP contribution in [0.1, 0.15) is 28.9 Å². The van der Waals surface area contributed by atoms with E-state index in [2.05, 4.69) is 4.98 Å². The Morgan fingerprint density at radius 3 is 2.54 bits per heavy atom. The monoisotopic (exact) mass is 187 g/mol. The summed E-state index contributed by atoms with van der Waals surface area (Å²) in [5, 5.41) is 8.84. The van der Waals surface area contributed by atoms with Crippen LogP contribution in [0, 0.1) is 13.8 Å². The molecule has 0 aliphatic rings. The van der Waals surface area contributed by atoms with E-state index in [0.717, 1.165) is 0 Å². The van der Waals surface area contributed by atoms with Gasteiger partial charge in [-0.2, -0.15) is 0 Å². The van der Waals surface area contributed by atoms with Crippen LogP contribution in [-0.4, -0.2) is 10.1 Å². The SMILES string of the molecule is Cc1cc(CO)c(C)nc1C(F)F. The summed E-state index contributed by atoms with van der Waals surface area (Å²) in [4.78, 5) is 3.73. The summed E-state index contributed by atoms with van der Waals surface area (Å²) in [6.07, 6.45) is -2.55. The van der Waals surface area contributed by atoms with Crippen LogP contribution in [0.25, 0.3) is 0 Å². The van der Waals surface area contributed by atoms with Crippen molar-refractivity contribution in [3.63, 3.8) is 0 Å². The molecule has 1 rings (SSSR count). The van der Waals surface area contributed by atoms with Gasteiger partial charge in [-0.1, -0.05) is 0 Å². The van der Waals surface area contributed by atoms with E-state index in [1.807, 2.05) is 0 Å². The molecule has 0 aromatic carbocycles. The lowest BCUT2D eigenvalue weighted by Crippen LogP contribution is -2.01. The maximum absolute atomic E-state index is 12.3. The van der Waals surface area contributed by atoms with Crippen molar-refractivity contribution in [1.29, 1.82) is 0 Å². The van der Waals surface area contributed by atoms with Crippen molar-refractivity contribution >= 4 is 0 Å². The highest BCUT2D eigenvalue weighted by molar-refractivity contribution is 5.29. The zero-order valence-electron chi connectivity index (χ0n) is 7.51. The lowest BCUT2D eigenvalue weighted by molar-refractivity contribution is 0.145. The number of aryl methyl sites for hydroxylation is 2. The molecule has 0 aliphatic carbocycles. The van der Waals surface area contributed by atoms with Crippen molar-refractivity contribution < 1.29 is 13.9 Å². The largest absolute Gasteiger partial charge is 0.392 e. The summed E-state index contributed by atoms with van der Waals surface area (Å²) in [6, 6.07) is 1.55. The maximum atomic E-state index is 12.3. The van der Waals surface area contributed by atoms with Gasteiger partial charge in [0, 0.05) is 5.69 Å². The molecule has 1 aromatic rings. The van der Waals surface area contributed by atoms with Gasteiger partial charge in [0.25, 0.3) is 6.43 Å². The van der Waals surface area contributed by atoms with Gasteiger partial charge in [0.2, 0.25) is 0 Å². The van der Waals surface area contributed by atoms with Crippen molar-refractivity contribution in [2.45, 2.75) is 26.9 Å². The first-order chi connectivity index (χ1) is 6.06. The Kier molecular flexibility index (Phi) is 2.93. The molecule has 72 valence electrons. The van der Waals surface area contributed by atoms with Gasteiger partial charge < -0.3 is 5.11 Å². The average molecular weight is 187 g/mol. The van der Waals surface area contributed by atoms with Gasteiger partial charge in [-0.3, -0.25) is 4.98 Å². The first-order valence-electron chi connectivity index (χ1n) is 3.92. The summed E-state index contributed by atoms with van der Waals surface area (Å²) in [5.41, 5.74) is 1.28. The minimum Gasteiger partial charge on any atom is -0.392 e. The molecule has 0 saturated carbocycles. The number of halogens is 2. The fourth-order valence-electron chi connectivity index (χ4n) is 1.16. The number of hydrogen-bond acceptors (Lipinski definition) is 2. The molecule has 1 heterocycles. The van der Waals surface area contributed by atoms with Crippen molar-refractivity contribution in [2.75, 3.05) is 0 Å². The van der Waals surface area contributed by atoms with E-state index in [1.54, 1.807) is 19.9 Å². The molecule has 0 aliphatic heterocycles. The Bertz CT molecular complexity index is 313. The van der Waals surface area contributed by atoms with E-state index in [0.29, 0.717) is 16.8 Å². The number of hydrogen-bond donors (Lipinski definition) is 1. The highest BCUT2D eigenvalue weighted by Gasteiger charge is 2.14. The first-order valence-corrected chi connectivity index (χ1v) is 3.92. The van der Waals surface area contributed by atoms with Crippen LogP contribution in [0.4, 0.5) is 8.78 Å². The molecule has 0 saturated heterocycles. The topological polar surface area (TPSA) is 33.1 Å². The molecule has 0 amide bonds. The third-order valence-electron chi connectivity index (χ3n) is 1.92. The van der Waals surface area contributed by atoms with E-state index in [-0.39, 0.29) is 12.3 Å². The molecule has 1 N–H and O–H groups in total. The Balaban J connectivity index is 3.20. The molecule has 0 fully saturated rings. The number of nitrogens with zero attached hydrogens (tertiary/aromatic N) is 1. The summed E-state index contributed by atoms with van der Waals surface area (Å²) in [5.74, 6) is 0. The van der Waals surface area contributed by atoms with Crippen LogP contribution in [0.2, 0.25) is 0 Å². The third kappa shape index (κ3) is 2.01. The molecule has 0 bridgehead atoms. The van der Waals surface area contributed by atoms with Crippen LogP contribution >= 0.6 is 0 Å². The minimum atomic E-state index is -2.55. The predicted molar refractivity (Wildman–Crippen MR) is 44.6 cm³/mol. The molecule has 2 nitrogen and oxygen atoms in total. The highest BCUT2D eigenvalue weighted by Crippen LogP contribution is 2.22. The fourth-order valence-corrected chi connectivity index (χ4v) is 1.16. The van der Waals surface area contributed by atoms with E-state index in [9.17, 15) is 8.78 Å². The summed E-state index contributed by atoms with van der Waals surface area (Å²) < 4.78 is 24.6. The molecule has 13 heavy (non-hydrogen) atoms. The normalized spacial score (nSPS) is 10.9. The fraction of sp³-hybridized carbons (Fsp3) is 0.444. The first kappa shape index (κ1) is 10.1. The number of rotatable bonds is 2. The van der Waals surface area contributed by atoms with Crippen LogP contribution in [0.15, 0.2) is 6.07 Å². The molecule has 4 heteroatoms. The second kappa shape index (κ2) is 3.79. The van der Waals surface area contributed by atoms with Crippen molar-refractivity contribution in [3.05, 3.63) is 28.6 Å². The van der Waals surface area contributed by atoms with E-state index in [1.165, 1.54) is 0 Å². The third-order valence-corrected chi connectivity index (χ3v) is 1.92. The highest BCUT2D eigenvalue weighted by atomic mass is 19.3. The lowest BCUT2D eigenvalue weighted by atomic mass is 10.1. The van der Waals surface area contributed by atoms with Gasteiger partial charge >= 0.3 is 0 Å². The van der Waals surface area contributed by atoms with Crippen molar-refractivity contribution in [1.82, 2.24) is 4.98 Å². The summed E-state index contributed by atoms with van der Waals surface area (Å²) in [6.45, 7) is 3.01. The molecule has 0 unspecified atom stereocenters. The quantitative estimate of drug-likeness (QED) is 0.769. The smallest absolute Gasteiger partial charge is 0.280 e. The zero-order valence-corrected chi connectivity index (χ0v) is 7.51. The number of pyridine rings is 1. The molecule has 0 atom stereocenters. The molecule has 0 radical (unpaired) electrons. The summed E-state index contributed by atoms with van der Waals surface area (Å²) >= 11 is 0. The van der Waals surface area contributed by atoms with Gasteiger partial charge in [0.1, 0.15) is 5.69 Å². The van der Waals surface area contributed by atoms with Crippen LogP contribution in [0.5, 0.6) is 0 Å². The van der Waals surface area contributed by atoms with E-state index < -0.39 is 6.43 Å². The van der Waals surface area contributed by atoms with Crippen LogP contribution < -0.4 is 0 Å². The number of aromatic nitrogens is 1. The van der Waals surface area contributed by atoms with Gasteiger partial charge in [-0.05, 0) is 31.0 Å². The standard InChI is InChI=1S/C9H11F2NO/c1-5-3-7(4-13)6(2)12-8(5)9(10)11/h3,9,13H,4H2,1-2H3. The zero-order chi connectivity index (χ0) is 10.0. The molecule has 0 spiro atoms. The maximum Gasteiger partial charge on any atom is 0.280 e. The van der Waals surface area contributed by atoms with Gasteiger partial charge in [-0.15, -0.1) is 0 Å². The van der Waals surface area contributed by atoms with Gasteiger partial charge in [-0.25, -0.2) is 8.78 Å². The van der Waals surface area contributed by atoms with Crippen LogP contribution in [0.3, 0.4) is 0 Å². The Labute approximate surface area is 75.2 Å². The van der Waals surface area contributed by atoms with Gasteiger partial charge in [0.15, 0.2) is 0 Å². The Hall–Kier alpha value is -1.03. The van der Waals surface area contributed by atoms with Crippen molar-refractivity contribution in [2.24, 2.45) is 0 Å². The molecular weight excluding hydrogens is 176 g/mol. The number of alkyl halides is 2. The second-order valence-corrected chi connectivity index (χ2v) is 2.89. The molecule has 1 aromatic heterocycles. The summed E-state index contributed by atoms with van der Waals surface area (Å²) in [7, 11) is 0. The lowest BCUT2D eigenvalue weighted by Gasteiger charge is -2.08. The van der Waals surface area contributed by atoms with Crippen molar-refractivity contribution in [3.8, 4) is 0 Å². The molecular formula is C9H11F2NO. The Morgan fingerprint density at radius 1 is 1.46 bits per heavy atom. The van der Waals surface area contributed by atoms with E-state index in [4.69, 9.17) is 5.11 Å². The second-order valence-electron chi connectivity index (χ2n) is 2.89. The Morgan fingerprint density at radius 2 is 2.08 bits per heavy atom. The van der Waals surface area contributed by atoms with Gasteiger partial charge in [0.05, 0.1) is 6.61 Å². The number of aliphatic hydroxyl groups excluding tert-OH is 1. The van der Waals surface area contributed by atoms with Crippen LogP contribution in [-0.2, 0) is 6.61 Å². The number of aliphatic hydroxyl groups is 1. The minimum absolute atomic E-state index is 0.164. The average Bonchev–Trinajstić information content (AvgIpc) is 2.07.